The molecule has 1 saturated heterocycles. The highest BCUT2D eigenvalue weighted by Gasteiger charge is 2.35. The minimum absolute atomic E-state index is 0.125. The standard InChI is InChI=1S/C22H22F2N4O4/c1-26-11-14(17(32-2)10-19(26)29)22(31)27-9-5-8-16(27)20-25-15-7-4-3-6-13(15)21(30)28(20)12-18(23)24/h3-4,6-7,10-11,16,18H,5,8-9,12H2,1-2H3. The Hall–Kier alpha value is -3.56. The van der Waals surface area contributed by atoms with Crippen LogP contribution in [0.5, 0.6) is 5.75 Å². The zero-order valence-electron chi connectivity index (χ0n) is 17.6. The normalized spacial score (nSPS) is 16.2. The highest BCUT2D eigenvalue weighted by Crippen LogP contribution is 2.34. The van der Waals surface area contributed by atoms with E-state index in [1.165, 1.54) is 35.9 Å². The van der Waals surface area contributed by atoms with E-state index in [-0.39, 0.29) is 28.1 Å². The molecule has 2 aromatic heterocycles. The molecule has 1 aliphatic heterocycles. The van der Waals surface area contributed by atoms with Crippen LogP contribution in [0, 0.1) is 0 Å². The van der Waals surface area contributed by atoms with Gasteiger partial charge in [-0.3, -0.25) is 19.0 Å². The first-order valence-electron chi connectivity index (χ1n) is 10.1. The molecule has 3 aromatic rings. The summed E-state index contributed by atoms with van der Waals surface area (Å²) in [5.41, 5.74) is -0.342. The van der Waals surface area contributed by atoms with Gasteiger partial charge in [-0.05, 0) is 25.0 Å². The molecule has 1 aliphatic rings. The summed E-state index contributed by atoms with van der Waals surface area (Å²) in [6.45, 7) is -0.458. The number of pyridine rings is 1. The molecule has 1 aromatic carbocycles. The molecule has 168 valence electrons. The van der Waals surface area contributed by atoms with E-state index in [1.54, 1.807) is 24.3 Å². The number of carbonyl (C=O) groups excluding carboxylic acids is 1. The van der Waals surface area contributed by atoms with Gasteiger partial charge in [0.2, 0.25) is 0 Å². The van der Waals surface area contributed by atoms with Gasteiger partial charge in [-0.2, -0.15) is 0 Å². The number of halogens is 2. The minimum Gasteiger partial charge on any atom is -0.496 e. The predicted molar refractivity (Wildman–Crippen MR) is 113 cm³/mol. The maximum Gasteiger partial charge on any atom is 0.261 e. The number of alkyl halides is 2. The lowest BCUT2D eigenvalue weighted by molar-refractivity contribution is 0.0716. The van der Waals surface area contributed by atoms with Gasteiger partial charge in [-0.25, -0.2) is 13.8 Å². The Kier molecular flexibility index (Phi) is 5.77. The number of aromatic nitrogens is 3. The molecule has 1 atom stereocenters. The third-order valence-electron chi connectivity index (χ3n) is 5.66. The number of ether oxygens (including phenoxy) is 1. The van der Waals surface area contributed by atoms with Gasteiger partial charge in [0.25, 0.3) is 23.5 Å². The summed E-state index contributed by atoms with van der Waals surface area (Å²) in [5, 5.41) is 0.243. The van der Waals surface area contributed by atoms with Crippen LogP contribution in [0.2, 0.25) is 0 Å². The molecule has 1 fully saturated rings. The van der Waals surface area contributed by atoms with Crippen LogP contribution in [0.1, 0.15) is 35.1 Å². The Bertz CT molecular complexity index is 1300. The van der Waals surface area contributed by atoms with E-state index in [1.807, 2.05) is 0 Å². The van der Waals surface area contributed by atoms with Gasteiger partial charge < -0.3 is 14.2 Å². The molecule has 3 heterocycles. The molecule has 1 amide bonds. The summed E-state index contributed by atoms with van der Waals surface area (Å²) in [5.74, 6) is -0.171. The molecule has 4 rings (SSSR count). The maximum absolute atomic E-state index is 13.4. The third kappa shape index (κ3) is 3.76. The number of benzene rings is 1. The number of carbonyl (C=O) groups is 1. The minimum atomic E-state index is -2.76. The van der Waals surface area contributed by atoms with E-state index in [2.05, 4.69) is 4.98 Å². The number of fused-ring (bicyclic) bond motifs is 1. The zero-order valence-corrected chi connectivity index (χ0v) is 17.6. The Morgan fingerprint density at radius 1 is 1.28 bits per heavy atom. The smallest absolute Gasteiger partial charge is 0.261 e. The summed E-state index contributed by atoms with van der Waals surface area (Å²) in [6.07, 6.45) is -0.294. The Morgan fingerprint density at radius 3 is 2.75 bits per heavy atom. The quantitative estimate of drug-likeness (QED) is 0.603. The van der Waals surface area contributed by atoms with Gasteiger partial charge in [0.05, 0.1) is 36.2 Å². The van der Waals surface area contributed by atoms with E-state index in [0.717, 1.165) is 4.57 Å². The number of aryl methyl sites for hydroxylation is 1. The van der Waals surface area contributed by atoms with Crippen molar-refractivity contribution in [2.75, 3.05) is 13.7 Å². The summed E-state index contributed by atoms with van der Waals surface area (Å²) in [6, 6.07) is 7.10. The summed E-state index contributed by atoms with van der Waals surface area (Å²) in [7, 11) is 2.88. The van der Waals surface area contributed by atoms with Gasteiger partial charge in [0, 0.05) is 25.9 Å². The highest BCUT2D eigenvalue weighted by molar-refractivity contribution is 5.97. The first-order valence-corrected chi connectivity index (χ1v) is 10.1. The van der Waals surface area contributed by atoms with Crippen LogP contribution in [0.15, 0.2) is 46.1 Å². The molecule has 0 bridgehead atoms. The number of amides is 1. The van der Waals surface area contributed by atoms with Crippen LogP contribution >= 0.6 is 0 Å². The fourth-order valence-corrected chi connectivity index (χ4v) is 4.13. The van der Waals surface area contributed by atoms with Crippen LogP contribution in [-0.4, -0.2) is 45.0 Å². The van der Waals surface area contributed by atoms with Gasteiger partial charge in [0.1, 0.15) is 11.6 Å². The lowest BCUT2D eigenvalue weighted by Crippen LogP contribution is -2.37. The van der Waals surface area contributed by atoms with Crippen molar-refractivity contribution in [2.24, 2.45) is 7.05 Å². The van der Waals surface area contributed by atoms with E-state index in [0.29, 0.717) is 24.9 Å². The van der Waals surface area contributed by atoms with Crippen molar-refractivity contribution in [3.63, 3.8) is 0 Å². The summed E-state index contributed by atoms with van der Waals surface area (Å²) >= 11 is 0. The fraction of sp³-hybridized carbons (Fsp3) is 0.364. The number of hydrogen-bond donors (Lipinski definition) is 0. The van der Waals surface area contributed by atoms with Crippen LogP contribution in [0.3, 0.4) is 0 Å². The molecule has 32 heavy (non-hydrogen) atoms. The zero-order chi connectivity index (χ0) is 23.0. The maximum atomic E-state index is 13.4. The number of likely N-dealkylation sites (tertiary alicyclic amines) is 1. The van der Waals surface area contributed by atoms with Crippen LogP contribution < -0.4 is 15.9 Å². The van der Waals surface area contributed by atoms with Crippen molar-refractivity contribution in [3.05, 3.63) is 68.6 Å². The molecule has 0 N–H and O–H groups in total. The van der Waals surface area contributed by atoms with E-state index in [4.69, 9.17) is 4.74 Å². The van der Waals surface area contributed by atoms with Crippen molar-refractivity contribution in [3.8, 4) is 5.75 Å². The third-order valence-corrected chi connectivity index (χ3v) is 5.66. The SMILES string of the molecule is COc1cc(=O)n(C)cc1C(=O)N1CCCC1c1nc2ccccc2c(=O)n1CC(F)F. The summed E-state index contributed by atoms with van der Waals surface area (Å²) in [4.78, 5) is 44.4. The molecule has 0 saturated carbocycles. The topological polar surface area (TPSA) is 86.4 Å². The van der Waals surface area contributed by atoms with Crippen LogP contribution in [0.4, 0.5) is 8.78 Å². The van der Waals surface area contributed by atoms with Gasteiger partial charge in [0.15, 0.2) is 0 Å². The first-order chi connectivity index (χ1) is 15.3. The van der Waals surface area contributed by atoms with Gasteiger partial charge >= 0.3 is 0 Å². The Balaban J connectivity index is 1.84. The average Bonchev–Trinajstić information content (AvgIpc) is 3.26. The number of methoxy groups -OCH3 is 1. The highest BCUT2D eigenvalue weighted by atomic mass is 19.3. The van der Waals surface area contributed by atoms with Crippen molar-refractivity contribution >= 4 is 16.8 Å². The van der Waals surface area contributed by atoms with E-state index >= 15 is 0 Å². The van der Waals surface area contributed by atoms with Crippen molar-refractivity contribution in [1.82, 2.24) is 19.0 Å². The fourth-order valence-electron chi connectivity index (χ4n) is 4.13. The van der Waals surface area contributed by atoms with Gasteiger partial charge in [-0.1, -0.05) is 12.1 Å². The van der Waals surface area contributed by atoms with Crippen molar-refractivity contribution < 1.29 is 18.3 Å². The van der Waals surface area contributed by atoms with Crippen LogP contribution in [-0.2, 0) is 13.6 Å². The largest absolute Gasteiger partial charge is 0.496 e. The van der Waals surface area contributed by atoms with Crippen LogP contribution in [0.25, 0.3) is 10.9 Å². The number of hydrogen-bond acceptors (Lipinski definition) is 5. The molecule has 0 spiro atoms. The van der Waals surface area contributed by atoms with Crippen molar-refractivity contribution in [2.45, 2.75) is 31.9 Å². The molecule has 1 unspecified atom stereocenters. The second-order valence-electron chi connectivity index (χ2n) is 7.66. The van der Waals surface area contributed by atoms with Crippen molar-refractivity contribution in [1.29, 1.82) is 0 Å². The number of rotatable bonds is 5. The second-order valence-corrected chi connectivity index (χ2v) is 7.66. The lowest BCUT2D eigenvalue weighted by Gasteiger charge is -2.27. The number of nitrogens with zero attached hydrogens (tertiary/aromatic N) is 4. The van der Waals surface area contributed by atoms with Gasteiger partial charge in [-0.15, -0.1) is 0 Å². The Labute approximate surface area is 181 Å². The van der Waals surface area contributed by atoms with E-state index < -0.39 is 30.5 Å². The second kappa shape index (κ2) is 8.52. The molecule has 10 heteroatoms. The monoisotopic (exact) mass is 444 g/mol. The van der Waals surface area contributed by atoms with E-state index in [9.17, 15) is 23.2 Å². The first kappa shape index (κ1) is 21.7. The molecular weight excluding hydrogens is 422 g/mol. The molecule has 0 aliphatic carbocycles. The summed E-state index contributed by atoms with van der Waals surface area (Å²) < 4.78 is 34.2. The molecular formula is C22H22F2N4O4. The Morgan fingerprint density at radius 2 is 2.03 bits per heavy atom. The average molecular weight is 444 g/mol. The molecule has 0 radical (unpaired) electrons. The molecule has 8 nitrogen and oxygen atoms in total. The predicted octanol–water partition coefficient (Wildman–Crippen LogP) is 2.35. The number of para-hydroxylation sites is 1. The lowest BCUT2D eigenvalue weighted by atomic mass is 10.1.